The van der Waals surface area contributed by atoms with Gasteiger partial charge >= 0.3 is 0 Å². The summed E-state index contributed by atoms with van der Waals surface area (Å²) in [6.07, 6.45) is 1.93. The van der Waals surface area contributed by atoms with Crippen molar-refractivity contribution in [1.82, 2.24) is 10.3 Å². The van der Waals surface area contributed by atoms with Gasteiger partial charge in [-0.3, -0.25) is 0 Å². The van der Waals surface area contributed by atoms with Crippen molar-refractivity contribution >= 4 is 34.5 Å². The van der Waals surface area contributed by atoms with Crippen molar-refractivity contribution in [2.24, 2.45) is 0 Å². The Hall–Kier alpha value is -0.610. The highest BCUT2D eigenvalue weighted by Crippen LogP contribution is 2.28. The highest BCUT2D eigenvalue weighted by molar-refractivity contribution is 7.11. The number of hydrogen-bond acceptors (Lipinski definition) is 3. The van der Waals surface area contributed by atoms with Crippen LogP contribution in [0.4, 0.5) is 0 Å². The first kappa shape index (κ1) is 16.8. The third-order valence-electron chi connectivity index (χ3n) is 3.31. The summed E-state index contributed by atoms with van der Waals surface area (Å²) in [6, 6.07) is 6.11. The van der Waals surface area contributed by atoms with Gasteiger partial charge in [-0.1, -0.05) is 36.2 Å². The second-order valence-corrected chi connectivity index (χ2v) is 7.09. The number of rotatable bonds is 6. The molecule has 1 N–H and O–H groups in total. The van der Waals surface area contributed by atoms with Gasteiger partial charge in [-0.2, -0.15) is 0 Å². The van der Waals surface area contributed by atoms with E-state index in [-0.39, 0.29) is 0 Å². The van der Waals surface area contributed by atoms with Gasteiger partial charge in [0.05, 0.1) is 20.7 Å². The van der Waals surface area contributed by atoms with Crippen molar-refractivity contribution in [3.05, 3.63) is 49.4 Å². The van der Waals surface area contributed by atoms with Gasteiger partial charge in [0.15, 0.2) is 0 Å². The molecule has 0 aliphatic heterocycles. The van der Waals surface area contributed by atoms with Crippen molar-refractivity contribution in [1.29, 1.82) is 0 Å². The van der Waals surface area contributed by atoms with Gasteiger partial charge in [0.1, 0.15) is 0 Å². The van der Waals surface area contributed by atoms with E-state index in [0.717, 1.165) is 35.7 Å². The maximum atomic E-state index is 6.07. The summed E-state index contributed by atoms with van der Waals surface area (Å²) in [4.78, 5) is 6.01. The summed E-state index contributed by atoms with van der Waals surface area (Å²) >= 11 is 13.8. The normalized spacial score (nSPS) is 12.6. The highest BCUT2D eigenvalue weighted by atomic mass is 35.5. The number of thiazole rings is 1. The molecule has 0 amide bonds. The molecule has 0 saturated heterocycles. The zero-order valence-corrected chi connectivity index (χ0v) is 14.9. The van der Waals surface area contributed by atoms with Crippen molar-refractivity contribution < 1.29 is 0 Å². The van der Waals surface area contributed by atoms with E-state index in [0.29, 0.717) is 16.1 Å². The average molecular weight is 343 g/mol. The Bertz CT molecular complexity index is 610. The van der Waals surface area contributed by atoms with Crippen molar-refractivity contribution in [3.63, 3.8) is 0 Å². The van der Waals surface area contributed by atoms with Crippen LogP contribution in [0.15, 0.2) is 18.2 Å². The number of aromatic nitrogens is 1. The Morgan fingerprint density at radius 1 is 1.29 bits per heavy atom. The molecule has 114 valence electrons. The Kier molecular flexibility index (Phi) is 6.06. The molecule has 1 atom stereocenters. The first-order chi connectivity index (χ1) is 10.0. The van der Waals surface area contributed by atoms with E-state index in [9.17, 15) is 0 Å². The summed E-state index contributed by atoms with van der Waals surface area (Å²) in [7, 11) is 0. The molecule has 1 unspecified atom stereocenters. The Morgan fingerprint density at radius 2 is 2.05 bits per heavy atom. The molecule has 5 heteroatoms. The number of nitrogens with one attached hydrogen (secondary N) is 1. The van der Waals surface area contributed by atoms with Crippen LogP contribution in [0, 0.1) is 6.92 Å². The Labute approximate surface area is 140 Å². The van der Waals surface area contributed by atoms with E-state index in [1.807, 2.05) is 18.2 Å². The molecule has 2 rings (SSSR count). The fourth-order valence-electron chi connectivity index (χ4n) is 2.22. The maximum absolute atomic E-state index is 6.07. The van der Waals surface area contributed by atoms with Gasteiger partial charge in [0.2, 0.25) is 0 Å². The van der Waals surface area contributed by atoms with Crippen LogP contribution >= 0.6 is 34.5 Å². The lowest BCUT2D eigenvalue weighted by Gasteiger charge is -2.11. The van der Waals surface area contributed by atoms with Gasteiger partial charge in [0, 0.05) is 17.3 Å². The topological polar surface area (TPSA) is 24.9 Å². The molecule has 0 bridgehead atoms. The summed E-state index contributed by atoms with van der Waals surface area (Å²) < 4.78 is 0. The molecule has 0 aliphatic carbocycles. The second kappa shape index (κ2) is 7.59. The number of hydrogen-bond donors (Lipinski definition) is 1. The van der Waals surface area contributed by atoms with Crippen LogP contribution in [0.5, 0.6) is 0 Å². The second-order valence-electron chi connectivity index (χ2n) is 5.16. The third kappa shape index (κ3) is 4.43. The van der Waals surface area contributed by atoms with E-state index < -0.39 is 0 Å². The van der Waals surface area contributed by atoms with E-state index >= 15 is 0 Å². The molecule has 0 saturated carbocycles. The average Bonchev–Trinajstić information content (AvgIpc) is 2.81. The fourth-order valence-corrected chi connectivity index (χ4v) is 3.67. The molecule has 1 heterocycles. The van der Waals surface area contributed by atoms with E-state index in [4.69, 9.17) is 23.2 Å². The van der Waals surface area contributed by atoms with Gasteiger partial charge in [-0.05, 0) is 44.5 Å². The van der Waals surface area contributed by atoms with Crippen LogP contribution in [0.25, 0.3) is 0 Å². The van der Waals surface area contributed by atoms with Gasteiger partial charge in [0.25, 0.3) is 0 Å². The van der Waals surface area contributed by atoms with Gasteiger partial charge in [-0.25, -0.2) is 4.98 Å². The summed E-state index contributed by atoms with van der Waals surface area (Å²) in [6.45, 7) is 7.48. The predicted molar refractivity (Wildman–Crippen MR) is 92.8 cm³/mol. The molecule has 21 heavy (non-hydrogen) atoms. The highest BCUT2D eigenvalue weighted by Gasteiger charge is 2.14. The molecule has 1 aromatic heterocycles. The number of nitrogens with zero attached hydrogens (tertiary/aromatic N) is 1. The number of halogens is 2. The van der Waals surface area contributed by atoms with Crippen LogP contribution in [0.1, 0.15) is 47.5 Å². The molecule has 2 aromatic rings. The van der Waals surface area contributed by atoms with Crippen LogP contribution in [0.3, 0.4) is 0 Å². The largest absolute Gasteiger partial charge is 0.309 e. The molecule has 0 spiro atoms. The van der Waals surface area contributed by atoms with Gasteiger partial charge in [-0.15, -0.1) is 11.3 Å². The number of benzene rings is 1. The minimum Gasteiger partial charge on any atom is -0.309 e. The van der Waals surface area contributed by atoms with Crippen molar-refractivity contribution in [3.8, 4) is 0 Å². The lowest BCUT2D eigenvalue weighted by molar-refractivity contribution is 0.575. The van der Waals surface area contributed by atoms with Crippen LogP contribution in [-0.4, -0.2) is 11.5 Å². The van der Waals surface area contributed by atoms with Crippen LogP contribution < -0.4 is 5.32 Å². The number of aryl methyl sites for hydroxylation is 1. The van der Waals surface area contributed by atoms with E-state index in [2.05, 4.69) is 31.1 Å². The van der Waals surface area contributed by atoms with Crippen molar-refractivity contribution in [2.75, 3.05) is 6.54 Å². The smallest absolute Gasteiger partial charge is 0.0975 e. The zero-order valence-electron chi connectivity index (χ0n) is 12.5. The van der Waals surface area contributed by atoms with Crippen molar-refractivity contribution in [2.45, 2.75) is 39.7 Å². The first-order valence-electron chi connectivity index (χ1n) is 7.14. The quantitative estimate of drug-likeness (QED) is 0.759. The maximum Gasteiger partial charge on any atom is 0.0975 e. The lowest BCUT2D eigenvalue weighted by Crippen LogP contribution is -2.18. The predicted octanol–water partition coefficient (Wildman–Crippen LogP) is 5.41. The standard InChI is InChI=1S/C16H20Cl2N2S/c1-4-7-19-10(2)16-11(3)20-15(21-16)9-12-5-6-13(17)14(18)8-12/h5-6,8,10,19H,4,7,9H2,1-3H3. The molecular formula is C16H20Cl2N2S. The summed E-state index contributed by atoms with van der Waals surface area (Å²) in [5.74, 6) is 0. The summed E-state index contributed by atoms with van der Waals surface area (Å²) in [5.41, 5.74) is 2.25. The zero-order chi connectivity index (χ0) is 15.4. The molecule has 1 aromatic carbocycles. The first-order valence-corrected chi connectivity index (χ1v) is 8.72. The monoisotopic (exact) mass is 342 g/mol. The molecule has 0 radical (unpaired) electrons. The molecule has 0 aliphatic rings. The molecular weight excluding hydrogens is 323 g/mol. The molecule has 0 fully saturated rings. The fraction of sp³-hybridized carbons (Fsp3) is 0.438. The van der Waals surface area contributed by atoms with Gasteiger partial charge < -0.3 is 5.32 Å². The minimum atomic E-state index is 0.352. The van der Waals surface area contributed by atoms with E-state index in [1.54, 1.807) is 11.3 Å². The molecule has 2 nitrogen and oxygen atoms in total. The van der Waals surface area contributed by atoms with Crippen LogP contribution in [-0.2, 0) is 6.42 Å². The SMILES string of the molecule is CCCNC(C)c1sc(Cc2ccc(Cl)c(Cl)c2)nc1C. The lowest BCUT2D eigenvalue weighted by atomic mass is 10.1. The third-order valence-corrected chi connectivity index (χ3v) is 5.39. The Morgan fingerprint density at radius 3 is 2.71 bits per heavy atom. The Balaban J connectivity index is 2.12. The minimum absolute atomic E-state index is 0.352. The summed E-state index contributed by atoms with van der Waals surface area (Å²) in [5, 5.41) is 5.82. The van der Waals surface area contributed by atoms with Crippen LogP contribution in [0.2, 0.25) is 10.0 Å². The van der Waals surface area contributed by atoms with E-state index in [1.165, 1.54) is 4.88 Å².